The van der Waals surface area contributed by atoms with Gasteiger partial charge in [0.2, 0.25) is 5.78 Å². The van der Waals surface area contributed by atoms with Crippen molar-refractivity contribution < 1.29 is 14.7 Å². The minimum Gasteiger partial charge on any atom is -0.475 e. The zero-order valence-electron chi connectivity index (χ0n) is 5.48. The van der Waals surface area contributed by atoms with Gasteiger partial charge in [-0.1, -0.05) is 0 Å². The molecule has 0 atom stereocenters. The summed E-state index contributed by atoms with van der Waals surface area (Å²) in [4.78, 5) is 24.4. The third kappa shape index (κ3) is 2.12. The third-order valence-corrected chi connectivity index (χ3v) is 1.70. The number of thiazole rings is 1. The molecule has 0 aliphatic heterocycles. The summed E-state index contributed by atoms with van der Waals surface area (Å²) in [5.41, 5.74) is 2.08. The molecule has 0 saturated heterocycles. The van der Waals surface area contributed by atoms with Crippen LogP contribution in [-0.2, 0) is 16.0 Å². The van der Waals surface area contributed by atoms with Crippen LogP contribution in [0.4, 0.5) is 0 Å². The molecule has 5 heteroatoms. The molecule has 1 aromatic heterocycles. The molecule has 0 saturated carbocycles. The van der Waals surface area contributed by atoms with Gasteiger partial charge >= 0.3 is 5.97 Å². The first-order valence-corrected chi connectivity index (χ1v) is 3.77. The molecule has 0 unspecified atom stereocenters. The largest absolute Gasteiger partial charge is 0.475 e. The van der Waals surface area contributed by atoms with Crippen LogP contribution in [0.2, 0.25) is 0 Å². The highest BCUT2D eigenvalue weighted by Crippen LogP contribution is 2.01. The number of rotatable bonds is 3. The lowest BCUT2D eigenvalue weighted by Gasteiger charge is -1.88. The van der Waals surface area contributed by atoms with Gasteiger partial charge in [-0.25, -0.2) is 9.78 Å². The van der Waals surface area contributed by atoms with Crippen molar-refractivity contribution in [3.8, 4) is 0 Å². The minimum absolute atomic E-state index is 0.112. The minimum atomic E-state index is -1.40. The van der Waals surface area contributed by atoms with Crippen LogP contribution in [0.15, 0.2) is 10.9 Å². The van der Waals surface area contributed by atoms with Crippen molar-refractivity contribution in [3.63, 3.8) is 0 Å². The van der Waals surface area contributed by atoms with Crippen LogP contribution in [0.3, 0.4) is 0 Å². The average Bonchev–Trinajstić information content (AvgIpc) is 2.39. The maximum absolute atomic E-state index is 10.6. The Kier molecular flexibility index (Phi) is 2.32. The molecular formula is C6H5NO3S. The summed E-state index contributed by atoms with van der Waals surface area (Å²) in [6.45, 7) is 0. The molecular weight excluding hydrogens is 166 g/mol. The second-order valence-corrected chi connectivity index (χ2v) is 2.60. The van der Waals surface area contributed by atoms with Crippen LogP contribution < -0.4 is 0 Å². The Labute approximate surface area is 66.5 Å². The fourth-order valence-electron chi connectivity index (χ4n) is 0.565. The number of hydrogen-bond acceptors (Lipinski definition) is 4. The average molecular weight is 171 g/mol. The number of aromatic nitrogens is 1. The summed E-state index contributed by atoms with van der Waals surface area (Å²) in [5.74, 6) is -2.23. The van der Waals surface area contributed by atoms with E-state index in [0.29, 0.717) is 5.69 Å². The van der Waals surface area contributed by atoms with E-state index in [1.807, 2.05) is 0 Å². The number of ketones is 1. The quantitative estimate of drug-likeness (QED) is 0.666. The van der Waals surface area contributed by atoms with E-state index in [2.05, 4.69) is 4.98 Å². The van der Waals surface area contributed by atoms with Gasteiger partial charge in [-0.3, -0.25) is 4.79 Å². The Bertz CT molecular complexity index is 267. The predicted octanol–water partition coefficient (Wildman–Crippen LogP) is 0.339. The van der Waals surface area contributed by atoms with Gasteiger partial charge in [0.05, 0.1) is 17.6 Å². The predicted molar refractivity (Wildman–Crippen MR) is 38.5 cm³/mol. The first kappa shape index (κ1) is 7.87. The maximum Gasteiger partial charge on any atom is 0.372 e. The van der Waals surface area contributed by atoms with Crippen LogP contribution in [0, 0.1) is 0 Å². The van der Waals surface area contributed by atoms with Gasteiger partial charge in [0.25, 0.3) is 0 Å². The summed E-state index contributed by atoms with van der Waals surface area (Å²) < 4.78 is 0. The summed E-state index contributed by atoms with van der Waals surface area (Å²) in [7, 11) is 0. The molecule has 1 rings (SSSR count). The number of carbonyl (C=O) groups is 2. The lowest BCUT2D eigenvalue weighted by molar-refractivity contribution is -0.148. The van der Waals surface area contributed by atoms with E-state index in [0.717, 1.165) is 0 Å². The standard InChI is InChI=1S/C6H5NO3S/c8-5(6(9)10)1-4-2-11-3-7-4/h2-3H,1H2,(H,9,10). The zero-order chi connectivity index (χ0) is 8.27. The van der Waals surface area contributed by atoms with E-state index in [4.69, 9.17) is 5.11 Å². The number of nitrogens with zero attached hydrogens (tertiary/aromatic N) is 1. The molecule has 0 amide bonds. The van der Waals surface area contributed by atoms with Gasteiger partial charge in [-0.15, -0.1) is 11.3 Å². The van der Waals surface area contributed by atoms with Crippen molar-refractivity contribution in [3.05, 3.63) is 16.6 Å². The highest BCUT2D eigenvalue weighted by molar-refractivity contribution is 7.07. The van der Waals surface area contributed by atoms with E-state index < -0.39 is 11.8 Å². The highest BCUT2D eigenvalue weighted by atomic mass is 32.1. The fraction of sp³-hybridized carbons (Fsp3) is 0.167. The van der Waals surface area contributed by atoms with Crippen molar-refractivity contribution in [1.82, 2.24) is 4.98 Å². The number of aliphatic carboxylic acids is 1. The lowest BCUT2D eigenvalue weighted by atomic mass is 10.2. The molecule has 0 aromatic carbocycles. The molecule has 1 aromatic rings. The molecule has 0 aliphatic rings. The topological polar surface area (TPSA) is 67.3 Å². The van der Waals surface area contributed by atoms with Crippen LogP contribution in [0.5, 0.6) is 0 Å². The van der Waals surface area contributed by atoms with Crippen LogP contribution >= 0.6 is 11.3 Å². The van der Waals surface area contributed by atoms with E-state index in [9.17, 15) is 9.59 Å². The third-order valence-electron chi connectivity index (χ3n) is 1.06. The second-order valence-electron chi connectivity index (χ2n) is 1.88. The first-order chi connectivity index (χ1) is 5.20. The van der Waals surface area contributed by atoms with Crippen molar-refractivity contribution in [2.45, 2.75) is 6.42 Å². The van der Waals surface area contributed by atoms with Gasteiger partial charge in [0.15, 0.2) is 0 Å². The maximum atomic E-state index is 10.6. The van der Waals surface area contributed by atoms with E-state index >= 15 is 0 Å². The molecule has 1 heterocycles. The molecule has 58 valence electrons. The summed E-state index contributed by atoms with van der Waals surface area (Å²) in [5, 5.41) is 9.86. The molecule has 0 spiro atoms. The van der Waals surface area contributed by atoms with Crippen LogP contribution in [0.1, 0.15) is 5.69 Å². The number of carbonyl (C=O) groups excluding carboxylic acids is 1. The van der Waals surface area contributed by atoms with Gasteiger partial charge in [-0.05, 0) is 0 Å². The number of hydrogen-bond donors (Lipinski definition) is 1. The Morgan fingerprint density at radius 2 is 2.36 bits per heavy atom. The van der Waals surface area contributed by atoms with Crippen molar-refractivity contribution in [2.75, 3.05) is 0 Å². The second kappa shape index (κ2) is 3.25. The van der Waals surface area contributed by atoms with Crippen LogP contribution in [-0.4, -0.2) is 21.8 Å². The lowest BCUT2D eigenvalue weighted by Crippen LogP contribution is -2.15. The molecule has 0 aliphatic carbocycles. The van der Waals surface area contributed by atoms with Gasteiger partial charge in [0, 0.05) is 5.38 Å². The fourth-order valence-corrected chi connectivity index (χ4v) is 1.12. The normalized spacial score (nSPS) is 9.45. The number of Topliss-reactive ketones (excluding diaryl/α,β-unsaturated/α-hetero) is 1. The van der Waals surface area contributed by atoms with E-state index in [1.165, 1.54) is 11.3 Å². The molecule has 4 nitrogen and oxygen atoms in total. The van der Waals surface area contributed by atoms with Gasteiger partial charge < -0.3 is 5.11 Å². The molecule has 11 heavy (non-hydrogen) atoms. The van der Waals surface area contributed by atoms with Crippen molar-refractivity contribution >= 4 is 23.1 Å². The Morgan fingerprint density at radius 3 is 2.82 bits per heavy atom. The highest BCUT2D eigenvalue weighted by Gasteiger charge is 2.12. The Hall–Kier alpha value is -1.23. The van der Waals surface area contributed by atoms with Gasteiger partial charge in [0.1, 0.15) is 0 Å². The van der Waals surface area contributed by atoms with Crippen LogP contribution in [0.25, 0.3) is 0 Å². The molecule has 0 fully saturated rings. The number of carboxylic acids is 1. The summed E-state index contributed by atoms with van der Waals surface area (Å²) in [6.07, 6.45) is -0.112. The summed E-state index contributed by atoms with van der Waals surface area (Å²) >= 11 is 1.34. The zero-order valence-corrected chi connectivity index (χ0v) is 6.30. The molecule has 0 bridgehead atoms. The smallest absolute Gasteiger partial charge is 0.372 e. The van der Waals surface area contributed by atoms with Crippen molar-refractivity contribution in [1.29, 1.82) is 0 Å². The van der Waals surface area contributed by atoms with Gasteiger partial charge in [-0.2, -0.15) is 0 Å². The van der Waals surface area contributed by atoms with E-state index in [-0.39, 0.29) is 6.42 Å². The Balaban J connectivity index is 2.57. The molecule has 1 N–H and O–H groups in total. The monoisotopic (exact) mass is 171 g/mol. The summed E-state index contributed by atoms with van der Waals surface area (Å²) in [6, 6.07) is 0. The Morgan fingerprint density at radius 1 is 1.64 bits per heavy atom. The SMILES string of the molecule is O=C(O)C(=O)Cc1cscn1. The van der Waals surface area contributed by atoms with E-state index in [1.54, 1.807) is 10.9 Å². The number of carboxylic acid groups (broad SMARTS) is 1. The van der Waals surface area contributed by atoms with Crippen molar-refractivity contribution in [2.24, 2.45) is 0 Å². The first-order valence-electron chi connectivity index (χ1n) is 2.83. The molecule has 0 radical (unpaired) electrons.